The molecule has 1 aliphatic carbocycles. The minimum atomic E-state index is 0.513. The summed E-state index contributed by atoms with van der Waals surface area (Å²) in [6.45, 7) is 2.14. The van der Waals surface area contributed by atoms with E-state index in [2.05, 4.69) is 30.1 Å². The predicted octanol–water partition coefficient (Wildman–Crippen LogP) is 2.88. The first-order chi connectivity index (χ1) is 7.25. The summed E-state index contributed by atoms with van der Waals surface area (Å²) in [6.07, 6.45) is 3.78. The molecule has 2 nitrogen and oxygen atoms in total. The van der Waals surface area contributed by atoms with Crippen LogP contribution in [0.5, 0.6) is 0 Å². The summed E-state index contributed by atoms with van der Waals surface area (Å²) in [5.41, 5.74) is 9.87. The third-order valence-corrected chi connectivity index (χ3v) is 3.73. The van der Waals surface area contributed by atoms with Gasteiger partial charge in [-0.15, -0.1) is 0 Å². The summed E-state index contributed by atoms with van der Waals surface area (Å²) >= 11 is 0. The zero-order chi connectivity index (χ0) is 10.4. The van der Waals surface area contributed by atoms with Crippen LogP contribution in [0.3, 0.4) is 0 Å². The van der Waals surface area contributed by atoms with E-state index in [-0.39, 0.29) is 0 Å². The minimum Gasteiger partial charge on any atom is -0.387 e. The lowest BCUT2D eigenvalue weighted by Crippen LogP contribution is -2.28. The van der Waals surface area contributed by atoms with Gasteiger partial charge in [-0.2, -0.15) is 0 Å². The third-order valence-electron chi connectivity index (χ3n) is 3.73. The van der Waals surface area contributed by atoms with E-state index in [0.29, 0.717) is 11.8 Å². The van der Waals surface area contributed by atoms with E-state index in [1.807, 2.05) is 0 Å². The molecule has 2 aliphatic rings. The first-order valence-electron chi connectivity index (χ1n) is 5.70. The van der Waals surface area contributed by atoms with Crippen molar-refractivity contribution in [3.8, 4) is 0 Å². The number of nitrogens with two attached hydrogens (primary N) is 1. The van der Waals surface area contributed by atoms with Gasteiger partial charge in [-0.1, -0.05) is 24.1 Å². The van der Waals surface area contributed by atoms with Crippen molar-refractivity contribution < 1.29 is 0 Å². The number of hydrogen-bond acceptors (Lipinski definition) is 2. The molecule has 2 N–H and O–H groups in total. The van der Waals surface area contributed by atoms with Gasteiger partial charge in [0.25, 0.3) is 0 Å². The average molecular weight is 200 g/mol. The Hall–Kier alpha value is -1.31. The number of aryl methyl sites for hydroxylation is 1. The largest absolute Gasteiger partial charge is 0.387 e. The molecule has 0 radical (unpaired) electrons. The van der Waals surface area contributed by atoms with E-state index in [9.17, 15) is 0 Å². The number of hydrogen-bond donors (Lipinski definition) is 1. The van der Waals surface area contributed by atoms with Crippen molar-refractivity contribution in [2.75, 3.05) is 0 Å². The molecular weight excluding hydrogens is 184 g/mol. The van der Waals surface area contributed by atoms with Gasteiger partial charge < -0.3 is 5.73 Å². The van der Waals surface area contributed by atoms with E-state index < -0.39 is 0 Å². The Morgan fingerprint density at radius 2 is 2.07 bits per heavy atom. The number of aliphatic imine (C=N–C) groups is 1. The van der Waals surface area contributed by atoms with Gasteiger partial charge in [-0.25, -0.2) is 4.99 Å². The lowest BCUT2D eigenvalue weighted by Gasteiger charge is -2.26. The molecule has 2 heteroatoms. The standard InChI is InChI=1S/C13H16N2/c1-8-5-6-12-11(7-8)9-3-2-4-10(9)13(14)15-12/h5-7,9-10H,2-4H2,1H3,(H2,14,15). The van der Waals surface area contributed by atoms with Gasteiger partial charge in [0.05, 0.1) is 5.69 Å². The molecule has 0 aromatic heterocycles. The highest BCUT2D eigenvalue weighted by Crippen LogP contribution is 2.46. The summed E-state index contributed by atoms with van der Waals surface area (Å²) in [5.74, 6) is 2.01. The molecule has 2 atom stereocenters. The summed E-state index contributed by atoms with van der Waals surface area (Å²) in [7, 11) is 0. The number of amidine groups is 1. The van der Waals surface area contributed by atoms with Crippen LogP contribution >= 0.6 is 0 Å². The number of benzene rings is 1. The van der Waals surface area contributed by atoms with Gasteiger partial charge in [0.2, 0.25) is 0 Å². The molecule has 1 heterocycles. The highest BCUT2D eigenvalue weighted by atomic mass is 14.9. The van der Waals surface area contributed by atoms with Crippen LogP contribution in [-0.2, 0) is 0 Å². The van der Waals surface area contributed by atoms with E-state index >= 15 is 0 Å². The summed E-state index contributed by atoms with van der Waals surface area (Å²) in [6, 6.07) is 6.51. The van der Waals surface area contributed by atoms with Gasteiger partial charge in [-0.05, 0) is 37.3 Å². The number of rotatable bonds is 0. The summed E-state index contributed by atoms with van der Waals surface area (Å²) in [5, 5.41) is 0. The van der Waals surface area contributed by atoms with Crippen LogP contribution < -0.4 is 5.73 Å². The summed E-state index contributed by atoms with van der Waals surface area (Å²) < 4.78 is 0. The Kier molecular flexibility index (Phi) is 1.84. The van der Waals surface area contributed by atoms with Crippen molar-refractivity contribution in [3.63, 3.8) is 0 Å². The molecule has 0 spiro atoms. The second kappa shape index (κ2) is 3.09. The Morgan fingerprint density at radius 1 is 1.27 bits per heavy atom. The SMILES string of the molecule is Cc1ccc2c(c1)C1CCCC1C(N)=N2. The van der Waals surface area contributed by atoms with Crippen molar-refractivity contribution in [3.05, 3.63) is 29.3 Å². The van der Waals surface area contributed by atoms with Crippen molar-refractivity contribution >= 4 is 11.5 Å². The van der Waals surface area contributed by atoms with Crippen molar-refractivity contribution in [2.45, 2.75) is 32.1 Å². The molecule has 1 fully saturated rings. The van der Waals surface area contributed by atoms with E-state index in [1.54, 1.807) is 0 Å². The molecule has 2 unspecified atom stereocenters. The minimum absolute atomic E-state index is 0.513. The van der Waals surface area contributed by atoms with Gasteiger partial charge in [-0.3, -0.25) is 0 Å². The smallest absolute Gasteiger partial charge is 0.103 e. The Bertz CT molecular complexity index is 434. The molecule has 3 rings (SSSR count). The molecule has 1 aromatic rings. The Balaban J connectivity index is 2.17. The van der Waals surface area contributed by atoms with Gasteiger partial charge in [0.15, 0.2) is 0 Å². The van der Waals surface area contributed by atoms with E-state index in [4.69, 9.17) is 5.73 Å². The lowest BCUT2D eigenvalue weighted by molar-refractivity contribution is 0.610. The normalized spacial score (nSPS) is 28.2. The van der Waals surface area contributed by atoms with Crippen LogP contribution in [0.25, 0.3) is 0 Å². The van der Waals surface area contributed by atoms with Crippen LogP contribution in [0.1, 0.15) is 36.3 Å². The molecule has 0 saturated heterocycles. The maximum absolute atomic E-state index is 6.02. The third kappa shape index (κ3) is 1.28. The molecular formula is C13H16N2. The molecule has 15 heavy (non-hydrogen) atoms. The molecule has 78 valence electrons. The highest BCUT2D eigenvalue weighted by Gasteiger charge is 2.35. The predicted molar refractivity (Wildman–Crippen MR) is 62.5 cm³/mol. The van der Waals surface area contributed by atoms with Crippen LogP contribution in [0.2, 0.25) is 0 Å². The molecule has 0 bridgehead atoms. The first-order valence-corrected chi connectivity index (χ1v) is 5.70. The topological polar surface area (TPSA) is 38.4 Å². The van der Waals surface area contributed by atoms with Crippen LogP contribution in [0, 0.1) is 12.8 Å². The molecule has 1 saturated carbocycles. The number of nitrogens with zero attached hydrogens (tertiary/aromatic N) is 1. The number of fused-ring (bicyclic) bond motifs is 3. The fraction of sp³-hybridized carbons (Fsp3) is 0.462. The zero-order valence-electron chi connectivity index (χ0n) is 9.03. The molecule has 0 amide bonds. The van der Waals surface area contributed by atoms with E-state index in [0.717, 1.165) is 11.5 Å². The maximum Gasteiger partial charge on any atom is 0.103 e. The van der Waals surface area contributed by atoms with Crippen LogP contribution in [0.15, 0.2) is 23.2 Å². The fourth-order valence-electron chi connectivity index (χ4n) is 2.98. The Labute approximate surface area is 90.2 Å². The second-order valence-electron chi connectivity index (χ2n) is 4.74. The lowest BCUT2D eigenvalue weighted by atomic mass is 9.84. The van der Waals surface area contributed by atoms with Gasteiger partial charge in [0.1, 0.15) is 5.84 Å². The Morgan fingerprint density at radius 3 is 2.93 bits per heavy atom. The zero-order valence-corrected chi connectivity index (χ0v) is 9.03. The van der Waals surface area contributed by atoms with Crippen LogP contribution in [-0.4, -0.2) is 5.84 Å². The maximum atomic E-state index is 6.02. The fourth-order valence-corrected chi connectivity index (χ4v) is 2.98. The van der Waals surface area contributed by atoms with Gasteiger partial charge >= 0.3 is 0 Å². The van der Waals surface area contributed by atoms with Crippen LogP contribution in [0.4, 0.5) is 5.69 Å². The van der Waals surface area contributed by atoms with Crippen molar-refractivity contribution in [2.24, 2.45) is 16.6 Å². The van der Waals surface area contributed by atoms with Crippen molar-refractivity contribution in [1.82, 2.24) is 0 Å². The van der Waals surface area contributed by atoms with E-state index in [1.165, 1.54) is 30.4 Å². The first kappa shape index (κ1) is 8.96. The van der Waals surface area contributed by atoms with Crippen molar-refractivity contribution in [1.29, 1.82) is 0 Å². The quantitative estimate of drug-likeness (QED) is 0.687. The second-order valence-corrected chi connectivity index (χ2v) is 4.74. The molecule has 1 aliphatic heterocycles. The van der Waals surface area contributed by atoms with Gasteiger partial charge in [0, 0.05) is 5.92 Å². The highest BCUT2D eigenvalue weighted by molar-refractivity contribution is 5.89. The summed E-state index contributed by atoms with van der Waals surface area (Å²) in [4.78, 5) is 4.52. The monoisotopic (exact) mass is 200 g/mol. The molecule has 1 aromatic carbocycles. The average Bonchev–Trinajstić information content (AvgIpc) is 2.69.